The van der Waals surface area contributed by atoms with Crippen molar-refractivity contribution < 1.29 is 4.79 Å². The molecule has 1 saturated carbocycles. The number of nitriles is 1. The van der Waals surface area contributed by atoms with Crippen LogP contribution in [0.3, 0.4) is 0 Å². The van der Waals surface area contributed by atoms with Gasteiger partial charge in [-0.2, -0.15) is 5.26 Å². The zero-order chi connectivity index (χ0) is 14.5. The molecule has 1 aromatic rings. The van der Waals surface area contributed by atoms with Crippen LogP contribution in [0.2, 0.25) is 0 Å². The Bertz CT molecular complexity index is 522. The van der Waals surface area contributed by atoms with Crippen LogP contribution in [0.4, 0.5) is 5.69 Å². The highest BCUT2D eigenvalue weighted by Gasteiger charge is 2.20. The fraction of sp³-hybridized carbons (Fsp3) is 0.529. The van der Waals surface area contributed by atoms with Gasteiger partial charge < -0.3 is 4.90 Å². The molecule has 0 unspecified atom stereocenters. The molecule has 1 fully saturated rings. The van der Waals surface area contributed by atoms with Gasteiger partial charge in [-0.05, 0) is 38.0 Å². The minimum Gasteiger partial charge on any atom is -0.371 e. The number of rotatable bonds is 3. The number of hydrogen-bond donors (Lipinski definition) is 0. The van der Waals surface area contributed by atoms with Gasteiger partial charge >= 0.3 is 0 Å². The van der Waals surface area contributed by atoms with E-state index in [1.165, 1.54) is 38.5 Å². The molecule has 106 valence electrons. The summed E-state index contributed by atoms with van der Waals surface area (Å²) in [7, 11) is 2.05. The van der Waals surface area contributed by atoms with Gasteiger partial charge in [0.2, 0.25) is 0 Å². The molecule has 2 rings (SSSR count). The highest BCUT2D eigenvalue weighted by molar-refractivity contribution is 6.00. The molecular weight excluding hydrogens is 248 g/mol. The Morgan fingerprint density at radius 3 is 2.45 bits per heavy atom. The minimum atomic E-state index is 0.0601. The Morgan fingerprint density at radius 2 is 1.90 bits per heavy atom. The van der Waals surface area contributed by atoms with Crippen LogP contribution >= 0.6 is 0 Å². The van der Waals surface area contributed by atoms with Crippen molar-refractivity contribution >= 4 is 11.5 Å². The average Bonchev–Trinajstić information content (AvgIpc) is 2.74. The smallest absolute Gasteiger partial charge is 0.161 e. The van der Waals surface area contributed by atoms with Gasteiger partial charge in [0.05, 0.1) is 11.6 Å². The van der Waals surface area contributed by atoms with Gasteiger partial charge in [0.15, 0.2) is 5.78 Å². The van der Waals surface area contributed by atoms with Crippen LogP contribution < -0.4 is 4.90 Å². The summed E-state index contributed by atoms with van der Waals surface area (Å²) >= 11 is 0. The molecule has 0 saturated heterocycles. The molecule has 20 heavy (non-hydrogen) atoms. The van der Waals surface area contributed by atoms with E-state index in [2.05, 4.69) is 18.0 Å². The predicted molar refractivity (Wildman–Crippen MR) is 81.1 cm³/mol. The van der Waals surface area contributed by atoms with Crippen LogP contribution in [0, 0.1) is 11.3 Å². The number of Topliss-reactive ketones (excluding diaryl/α,β-unsaturated/α-hetero) is 1. The molecule has 0 aromatic heterocycles. The minimum absolute atomic E-state index is 0.0601. The van der Waals surface area contributed by atoms with E-state index in [-0.39, 0.29) is 5.78 Å². The molecule has 0 aliphatic heterocycles. The van der Waals surface area contributed by atoms with Crippen LogP contribution in [-0.2, 0) is 0 Å². The van der Waals surface area contributed by atoms with E-state index in [0.29, 0.717) is 11.6 Å². The second kappa shape index (κ2) is 6.56. The van der Waals surface area contributed by atoms with Crippen molar-refractivity contribution in [2.45, 2.75) is 51.5 Å². The maximum atomic E-state index is 11.8. The summed E-state index contributed by atoms with van der Waals surface area (Å²) in [5, 5.41) is 9.08. The van der Waals surface area contributed by atoms with Gasteiger partial charge in [-0.1, -0.05) is 25.7 Å². The third kappa shape index (κ3) is 3.19. The van der Waals surface area contributed by atoms with Crippen molar-refractivity contribution in [2.24, 2.45) is 0 Å². The Kier molecular flexibility index (Phi) is 4.79. The predicted octanol–water partition coefficient (Wildman–Crippen LogP) is 3.92. The summed E-state index contributed by atoms with van der Waals surface area (Å²) in [4.78, 5) is 14.0. The topological polar surface area (TPSA) is 44.1 Å². The van der Waals surface area contributed by atoms with E-state index in [4.69, 9.17) is 5.26 Å². The molecule has 3 nitrogen and oxygen atoms in total. The summed E-state index contributed by atoms with van der Waals surface area (Å²) in [6, 6.07) is 8.00. The summed E-state index contributed by atoms with van der Waals surface area (Å²) in [5.74, 6) is 0.0601. The quantitative estimate of drug-likeness (QED) is 0.617. The second-order valence-corrected chi connectivity index (χ2v) is 5.66. The molecular formula is C17H22N2O. The van der Waals surface area contributed by atoms with E-state index in [0.717, 1.165) is 11.3 Å². The van der Waals surface area contributed by atoms with E-state index in [9.17, 15) is 4.79 Å². The highest BCUT2D eigenvalue weighted by Crippen LogP contribution is 2.29. The summed E-state index contributed by atoms with van der Waals surface area (Å²) < 4.78 is 0. The highest BCUT2D eigenvalue weighted by atomic mass is 16.1. The zero-order valence-corrected chi connectivity index (χ0v) is 12.4. The number of nitrogens with zero attached hydrogens (tertiary/aromatic N) is 2. The summed E-state index contributed by atoms with van der Waals surface area (Å²) in [5.41, 5.74) is 2.24. The maximum absolute atomic E-state index is 11.8. The first-order chi connectivity index (χ1) is 9.63. The van der Waals surface area contributed by atoms with Crippen molar-refractivity contribution in [1.29, 1.82) is 5.26 Å². The van der Waals surface area contributed by atoms with E-state index in [1.807, 2.05) is 6.07 Å². The third-order valence-corrected chi connectivity index (χ3v) is 4.26. The van der Waals surface area contributed by atoms with Crippen LogP contribution in [0.1, 0.15) is 61.4 Å². The molecule has 0 bridgehead atoms. The van der Waals surface area contributed by atoms with Crippen molar-refractivity contribution in [2.75, 3.05) is 11.9 Å². The first-order valence-corrected chi connectivity index (χ1v) is 7.41. The lowest BCUT2D eigenvalue weighted by Crippen LogP contribution is -2.32. The summed E-state index contributed by atoms with van der Waals surface area (Å²) in [6.45, 7) is 1.59. The average molecular weight is 270 g/mol. The number of hydrogen-bond acceptors (Lipinski definition) is 3. The van der Waals surface area contributed by atoms with Gasteiger partial charge in [0, 0.05) is 24.3 Å². The van der Waals surface area contributed by atoms with Crippen molar-refractivity contribution in [3.05, 3.63) is 29.3 Å². The largest absolute Gasteiger partial charge is 0.371 e. The normalized spacial score (nSPS) is 16.2. The standard InChI is InChI=1S/C17H22N2O/c1-13(20)16-10-9-14(12-18)11-17(16)19(2)15-7-5-3-4-6-8-15/h9-11,15H,3-8H2,1-2H3. The Hall–Kier alpha value is -1.82. The fourth-order valence-electron chi connectivity index (χ4n) is 3.03. The molecule has 0 amide bonds. The van der Waals surface area contributed by atoms with Crippen LogP contribution in [0.15, 0.2) is 18.2 Å². The van der Waals surface area contributed by atoms with Crippen molar-refractivity contribution in [3.8, 4) is 6.07 Å². The Morgan fingerprint density at radius 1 is 1.25 bits per heavy atom. The first kappa shape index (κ1) is 14.6. The molecule has 0 atom stereocenters. The molecule has 0 heterocycles. The lowest BCUT2D eigenvalue weighted by Gasteiger charge is -2.30. The molecule has 0 spiro atoms. The van der Waals surface area contributed by atoms with Gasteiger partial charge in [0.25, 0.3) is 0 Å². The lowest BCUT2D eigenvalue weighted by atomic mass is 10.0. The van der Waals surface area contributed by atoms with Crippen molar-refractivity contribution in [3.63, 3.8) is 0 Å². The molecule has 3 heteroatoms. The third-order valence-electron chi connectivity index (χ3n) is 4.26. The van der Waals surface area contributed by atoms with E-state index >= 15 is 0 Å². The number of benzene rings is 1. The lowest BCUT2D eigenvalue weighted by molar-refractivity contribution is 0.101. The maximum Gasteiger partial charge on any atom is 0.161 e. The fourth-order valence-corrected chi connectivity index (χ4v) is 3.03. The number of ketones is 1. The van der Waals surface area contributed by atoms with E-state index < -0.39 is 0 Å². The molecule has 0 N–H and O–H groups in total. The van der Waals surface area contributed by atoms with Crippen LogP contribution in [-0.4, -0.2) is 18.9 Å². The van der Waals surface area contributed by atoms with Gasteiger partial charge in [-0.3, -0.25) is 4.79 Å². The second-order valence-electron chi connectivity index (χ2n) is 5.66. The number of carbonyl (C=O) groups is 1. The van der Waals surface area contributed by atoms with Crippen molar-refractivity contribution in [1.82, 2.24) is 0 Å². The molecule has 1 aromatic carbocycles. The number of carbonyl (C=O) groups excluding carboxylic acids is 1. The zero-order valence-electron chi connectivity index (χ0n) is 12.4. The molecule has 0 radical (unpaired) electrons. The Labute approximate surface area is 121 Å². The monoisotopic (exact) mass is 270 g/mol. The SMILES string of the molecule is CC(=O)c1ccc(C#N)cc1N(C)C1CCCCCC1. The van der Waals surface area contributed by atoms with E-state index in [1.54, 1.807) is 19.1 Å². The van der Waals surface area contributed by atoms with Crippen LogP contribution in [0.25, 0.3) is 0 Å². The van der Waals surface area contributed by atoms with Gasteiger partial charge in [0.1, 0.15) is 0 Å². The molecule has 1 aliphatic carbocycles. The van der Waals surface area contributed by atoms with Crippen LogP contribution in [0.5, 0.6) is 0 Å². The first-order valence-electron chi connectivity index (χ1n) is 7.41. The van der Waals surface area contributed by atoms with Gasteiger partial charge in [-0.25, -0.2) is 0 Å². The Balaban J connectivity index is 2.33. The number of anilines is 1. The molecule has 1 aliphatic rings. The summed E-state index contributed by atoms with van der Waals surface area (Å²) in [6.07, 6.45) is 7.46. The van der Waals surface area contributed by atoms with Gasteiger partial charge in [-0.15, -0.1) is 0 Å².